The first-order valence-electron chi connectivity index (χ1n) is 8.41. The molecule has 1 saturated carbocycles. The highest BCUT2D eigenvalue weighted by Gasteiger charge is 2.46. The van der Waals surface area contributed by atoms with Crippen LogP contribution < -0.4 is 5.32 Å². The third-order valence-electron chi connectivity index (χ3n) is 4.91. The number of carbonyl (C=O) groups is 3. The first-order chi connectivity index (χ1) is 11.5. The zero-order valence-electron chi connectivity index (χ0n) is 13.7. The minimum absolute atomic E-state index is 0.0643. The first kappa shape index (κ1) is 16.5. The zero-order chi connectivity index (χ0) is 17.3. The Bertz CT molecular complexity index is 669. The standard InChI is InChI=1S/C18H22N2O4/c1-2-16(21)19-13-5-3-4-12(8-13)17(22)20-9-14(11-6-7-11)15(10-20)18(23)24/h3-5,8,11,14-15H,2,6-7,9-10H2,1H3,(H,19,21)(H,23,24)/t14-,15+/m1/s1. The maximum Gasteiger partial charge on any atom is 0.308 e. The molecule has 1 aliphatic carbocycles. The van der Waals surface area contributed by atoms with Gasteiger partial charge in [-0.15, -0.1) is 0 Å². The second-order valence-electron chi connectivity index (χ2n) is 6.64. The molecular weight excluding hydrogens is 308 g/mol. The van der Waals surface area contributed by atoms with Crippen LogP contribution in [0.4, 0.5) is 5.69 Å². The van der Waals surface area contributed by atoms with Crippen molar-refractivity contribution in [2.24, 2.45) is 17.8 Å². The number of amides is 2. The molecule has 6 heteroatoms. The van der Waals surface area contributed by atoms with Crippen LogP contribution in [0.25, 0.3) is 0 Å². The van der Waals surface area contributed by atoms with Gasteiger partial charge in [-0.25, -0.2) is 0 Å². The molecule has 2 amide bonds. The normalized spacial score (nSPS) is 23.1. The van der Waals surface area contributed by atoms with Gasteiger partial charge in [0.1, 0.15) is 0 Å². The lowest BCUT2D eigenvalue weighted by Crippen LogP contribution is -2.30. The van der Waals surface area contributed by atoms with Crippen LogP contribution in [0.15, 0.2) is 24.3 Å². The van der Waals surface area contributed by atoms with Gasteiger partial charge in [0.25, 0.3) is 5.91 Å². The largest absolute Gasteiger partial charge is 0.481 e. The minimum Gasteiger partial charge on any atom is -0.481 e. The van der Waals surface area contributed by atoms with Crippen LogP contribution in [-0.2, 0) is 9.59 Å². The Morgan fingerprint density at radius 2 is 2.00 bits per heavy atom. The van der Waals surface area contributed by atoms with E-state index in [0.29, 0.717) is 30.1 Å². The lowest BCUT2D eigenvalue weighted by atomic mass is 9.92. The molecule has 1 aromatic rings. The number of nitrogens with one attached hydrogen (secondary N) is 1. The summed E-state index contributed by atoms with van der Waals surface area (Å²) in [6, 6.07) is 6.81. The summed E-state index contributed by atoms with van der Waals surface area (Å²) in [6.45, 7) is 2.53. The van der Waals surface area contributed by atoms with Gasteiger partial charge in [-0.05, 0) is 42.9 Å². The summed E-state index contributed by atoms with van der Waals surface area (Å²) in [7, 11) is 0. The molecule has 6 nitrogen and oxygen atoms in total. The fourth-order valence-electron chi connectivity index (χ4n) is 3.42. The topological polar surface area (TPSA) is 86.7 Å². The van der Waals surface area contributed by atoms with Gasteiger partial charge >= 0.3 is 5.97 Å². The Balaban J connectivity index is 1.73. The number of nitrogens with zero attached hydrogens (tertiary/aromatic N) is 1. The maximum absolute atomic E-state index is 12.7. The molecule has 2 atom stereocenters. The Labute approximate surface area is 140 Å². The molecule has 2 aliphatic rings. The third kappa shape index (κ3) is 3.42. The Morgan fingerprint density at radius 3 is 2.62 bits per heavy atom. The second kappa shape index (κ2) is 6.63. The van der Waals surface area contributed by atoms with Crippen LogP contribution >= 0.6 is 0 Å². The van der Waals surface area contributed by atoms with Crippen molar-refractivity contribution in [3.8, 4) is 0 Å². The fourth-order valence-corrected chi connectivity index (χ4v) is 3.42. The predicted molar refractivity (Wildman–Crippen MR) is 88.6 cm³/mol. The van der Waals surface area contributed by atoms with Gasteiger partial charge in [-0.1, -0.05) is 13.0 Å². The number of carboxylic acids is 1. The van der Waals surface area contributed by atoms with Crippen LogP contribution in [0.5, 0.6) is 0 Å². The average Bonchev–Trinajstić information content (AvgIpc) is 3.32. The number of benzene rings is 1. The molecule has 0 radical (unpaired) electrons. The van der Waals surface area contributed by atoms with Crippen molar-refractivity contribution in [3.63, 3.8) is 0 Å². The molecule has 24 heavy (non-hydrogen) atoms. The number of likely N-dealkylation sites (tertiary alicyclic amines) is 1. The first-order valence-corrected chi connectivity index (χ1v) is 8.41. The van der Waals surface area contributed by atoms with Crippen molar-refractivity contribution >= 4 is 23.5 Å². The van der Waals surface area contributed by atoms with Crippen molar-refractivity contribution < 1.29 is 19.5 Å². The molecule has 1 aromatic carbocycles. The Kier molecular flexibility index (Phi) is 4.55. The molecule has 3 rings (SSSR count). The third-order valence-corrected chi connectivity index (χ3v) is 4.91. The predicted octanol–water partition coefficient (Wildman–Crippen LogP) is 2.22. The van der Waals surface area contributed by atoms with E-state index >= 15 is 0 Å². The number of carboxylic acid groups (broad SMARTS) is 1. The monoisotopic (exact) mass is 330 g/mol. The number of hydrogen-bond acceptors (Lipinski definition) is 3. The summed E-state index contributed by atoms with van der Waals surface area (Å²) in [6.07, 6.45) is 2.50. The van der Waals surface area contributed by atoms with Crippen molar-refractivity contribution in [3.05, 3.63) is 29.8 Å². The van der Waals surface area contributed by atoms with Crippen molar-refractivity contribution in [2.45, 2.75) is 26.2 Å². The van der Waals surface area contributed by atoms with E-state index in [-0.39, 0.29) is 24.3 Å². The summed E-state index contributed by atoms with van der Waals surface area (Å²) in [5.41, 5.74) is 1.06. The highest BCUT2D eigenvalue weighted by molar-refractivity contribution is 5.97. The molecule has 1 saturated heterocycles. The summed E-state index contributed by atoms with van der Waals surface area (Å²) in [4.78, 5) is 37.3. The Morgan fingerprint density at radius 1 is 1.25 bits per heavy atom. The van der Waals surface area contributed by atoms with Gasteiger partial charge in [0.05, 0.1) is 5.92 Å². The zero-order valence-corrected chi connectivity index (χ0v) is 13.7. The van der Waals surface area contributed by atoms with E-state index in [4.69, 9.17) is 0 Å². The van der Waals surface area contributed by atoms with Crippen LogP contribution in [0.1, 0.15) is 36.5 Å². The number of rotatable bonds is 5. The number of carbonyl (C=O) groups excluding carboxylic acids is 2. The molecule has 1 aliphatic heterocycles. The van der Waals surface area contributed by atoms with Crippen molar-refractivity contribution in [1.29, 1.82) is 0 Å². The highest BCUT2D eigenvalue weighted by Crippen LogP contribution is 2.44. The summed E-state index contributed by atoms with van der Waals surface area (Å²) >= 11 is 0. The SMILES string of the molecule is CCC(=O)Nc1cccc(C(=O)N2C[C@H](C(=O)O)[C@@H](C3CC3)C2)c1. The van der Waals surface area contributed by atoms with E-state index in [1.165, 1.54) is 0 Å². The van der Waals surface area contributed by atoms with E-state index < -0.39 is 11.9 Å². The molecule has 128 valence electrons. The molecule has 0 unspecified atom stereocenters. The van der Waals surface area contributed by atoms with Crippen molar-refractivity contribution in [2.75, 3.05) is 18.4 Å². The van der Waals surface area contributed by atoms with E-state index in [2.05, 4.69) is 5.32 Å². The van der Waals surface area contributed by atoms with Crippen LogP contribution in [-0.4, -0.2) is 40.9 Å². The second-order valence-corrected chi connectivity index (χ2v) is 6.64. The summed E-state index contributed by atoms with van der Waals surface area (Å²) in [5.74, 6) is -1.05. The molecule has 0 spiro atoms. The van der Waals surface area contributed by atoms with Gasteiger partial charge < -0.3 is 15.3 Å². The van der Waals surface area contributed by atoms with Crippen molar-refractivity contribution in [1.82, 2.24) is 4.90 Å². The van der Waals surface area contributed by atoms with Crippen LogP contribution in [0.2, 0.25) is 0 Å². The van der Waals surface area contributed by atoms with Gasteiger partial charge in [0.15, 0.2) is 0 Å². The van der Waals surface area contributed by atoms with Crippen LogP contribution in [0, 0.1) is 17.8 Å². The van der Waals surface area contributed by atoms with E-state index in [1.54, 1.807) is 36.1 Å². The van der Waals surface area contributed by atoms with E-state index in [1.807, 2.05) is 0 Å². The summed E-state index contributed by atoms with van der Waals surface area (Å²) < 4.78 is 0. The lowest BCUT2D eigenvalue weighted by molar-refractivity contribution is -0.142. The van der Waals surface area contributed by atoms with Gasteiger partial charge in [0, 0.05) is 30.8 Å². The Hall–Kier alpha value is -2.37. The van der Waals surface area contributed by atoms with Gasteiger partial charge in [0.2, 0.25) is 5.91 Å². The quantitative estimate of drug-likeness (QED) is 0.866. The molecule has 0 bridgehead atoms. The molecule has 1 heterocycles. The smallest absolute Gasteiger partial charge is 0.308 e. The molecule has 2 fully saturated rings. The maximum atomic E-state index is 12.7. The number of hydrogen-bond donors (Lipinski definition) is 2. The summed E-state index contributed by atoms with van der Waals surface area (Å²) in [5, 5.41) is 12.2. The number of anilines is 1. The molecule has 2 N–H and O–H groups in total. The van der Waals surface area contributed by atoms with E-state index in [0.717, 1.165) is 12.8 Å². The van der Waals surface area contributed by atoms with Crippen LogP contribution in [0.3, 0.4) is 0 Å². The fraction of sp³-hybridized carbons (Fsp3) is 0.500. The molecular formula is C18H22N2O4. The van der Waals surface area contributed by atoms with E-state index in [9.17, 15) is 19.5 Å². The van der Waals surface area contributed by atoms with Gasteiger partial charge in [-0.3, -0.25) is 14.4 Å². The minimum atomic E-state index is -0.814. The average molecular weight is 330 g/mol. The highest BCUT2D eigenvalue weighted by atomic mass is 16.4. The lowest BCUT2D eigenvalue weighted by Gasteiger charge is -2.17. The number of aliphatic carboxylic acids is 1. The molecule has 0 aromatic heterocycles. The van der Waals surface area contributed by atoms with Gasteiger partial charge in [-0.2, -0.15) is 0 Å².